The van der Waals surface area contributed by atoms with Crippen molar-refractivity contribution in [1.29, 1.82) is 0 Å². The summed E-state index contributed by atoms with van der Waals surface area (Å²) in [7, 11) is 0. The molecule has 2 heterocycles. The molecule has 0 atom stereocenters. The molecule has 36 heavy (non-hydrogen) atoms. The first-order valence-corrected chi connectivity index (χ1v) is 13.6. The highest BCUT2D eigenvalue weighted by molar-refractivity contribution is 7.99. The zero-order chi connectivity index (χ0) is 25.2. The summed E-state index contributed by atoms with van der Waals surface area (Å²) in [6.45, 7) is 3.74. The summed E-state index contributed by atoms with van der Waals surface area (Å²) in [5, 5.41) is 5.32. The minimum Gasteiger partial charge on any atom is -0.272 e. The van der Waals surface area contributed by atoms with Crippen LogP contribution >= 0.6 is 23.1 Å². The summed E-state index contributed by atoms with van der Waals surface area (Å²) in [5.41, 5.74) is 6.70. The Morgan fingerprint density at radius 3 is 2.61 bits per heavy atom. The van der Waals surface area contributed by atoms with Gasteiger partial charge in [0.05, 0.1) is 22.5 Å². The number of halogens is 1. The lowest BCUT2D eigenvalue weighted by molar-refractivity contribution is -0.118. The predicted octanol–water partition coefficient (Wildman–Crippen LogP) is 5.41. The van der Waals surface area contributed by atoms with Crippen molar-refractivity contribution < 1.29 is 9.18 Å². The zero-order valence-corrected chi connectivity index (χ0v) is 21.6. The van der Waals surface area contributed by atoms with Gasteiger partial charge in [0.2, 0.25) is 0 Å². The van der Waals surface area contributed by atoms with Crippen LogP contribution in [0.1, 0.15) is 41.3 Å². The normalized spacial score (nSPS) is 13.6. The standard InChI is InChI=1S/C27H25FN4O2S2/c1-16-7-13-20(14-8-16)32-26(34)24-21-5-3-4-6-22(21)36-25(24)29-27(32)35-15-23(33)31-30-17(2)18-9-11-19(28)12-10-18/h7-14H,3-6,15H2,1-2H3,(H,31,33)/b30-17+. The number of nitrogens with one attached hydrogen (secondary N) is 1. The van der Waals surface area contributed by atoms with Crippen LogP contribution in [0.5, 0.6) is 0 Å². The van der Waals surface area contributed by atoms with Crippen LogP contribution in [0, 0.1) is 12.7 Å². The fourth-order valence-electron chi connectivity index (χ4n) is 4.27. The zero-order valence-electron chi connectivity index (χ0n) is 20.0. The molecule has 0 unspecified atom stereocenters. The van der Waals surface area contributed by atoms with Crippen LogP contribution in [0.3, 0.4) is 0 Å². The summed E-state index contributed by atoms with van der Waals surface area (Å²) in [6, 6.07) is 13.6. The van der Waals surface area contributed by atoms with Crippen LogP contribution in [0.4, 0.5) is 4.39 Å². The molecule has 4 aromatic rings. The number of fused-ring (bicyclic) bond motifs is 3. The van der Waals surface area contributed by atoms with Crippen molar-refractivity contribution in [3.05, 3.63) is 86.3 Å². The molecule has 184 valence electrons. The summed E-state index contributed by atoms with van der Waals surface area (Å²) in [6.07, 6.45) is 4.10. The van der Waals surface area contributed by atoms with E-state index in [9.17, 15) is 14.0 Å². The van der Waals surface area contributed by atoms with Crippen molar-refractivity contribution in [3.63, 3.8) is 0 Å². The molecule has 2 aromatic carbocycles. The van der Waals surface area contributed by atoms with E-state index < -0.39 is 0 Å². The van der Waals surface area contributed by atoms with Crippen LogP contribution < -0.4 is 11.0 Å². The molecule has 0 saturated heterocycles. The first kappa shape index (κ1) is 24.4. The molecule has 1 N–H and O–H groups in total. The summed E-state index contributed by atoms with van der Waals surface area (Å²) >= 11 is 2.80. The average Bonchev–Trinajstić information content (AvgIpc) is 3.26. The number of nitrogens with zero attached hydrogens (tertiary/aromatic N) is 3. The van der Waals surface area contributed by atoms with E-state index in [1.165, 1.54) is 28.8 Å². The maximum Gasteiger partial charge on any atom is 0.267 e. The Kier molecular flexibility index (Phi) is 7.02. The van der Waals surface area contributed by atoms with Gasteiger partial charge in [-0.05, 0) is 74.9 Å². The summed E-state index contributed by atoms with van der Waals surface area (Å²) in [4.78, 5) is 33.2. The fraction of sp³-hybridized carbons (Fsp3) is 0.259. The number of hydrogen-bond donors (Lipinski definition) is 1. The number of hydrazone groups is 1. The van der Waals surface area contributed by atoms with Gasteiger partial charge in [-0.1, -0.05) is 41.6 Å². The van der Waals surface area contributed by atoms with Crippen LogP contribution in [-0.4, -0.2) is 26.9 Å². The molecule has 1 aliphatic carbocycles. The third kappa shape index (κ3) is 4.99. The van der Waals surface area contributed by atoms with E-state index in [4.69, 9.17) is 4.98 Å². The van der Waals surface area contributed by atoms with Crippen LogP contribution in [-0.2, 0) is 17.6 Å². The maximum atomic E-state index is 13.8. The van der Waals surface area contributed by atoms with Gasteiger partial charge in [-0.3, -0.25) is 14.2 Å². The lowest BCUT2D eigenvalue weighted by Gasteiger charge is -2.13. The van der Waals surface area contributed by atoms with Crippen molar-refractivity contribution in [3.8, 4) is 5.69 Å². The van der Waals surface area contributed by atoms with Gasteiger partial charge < -0.3 is 0 Å². The topological polar surface area (TPSA) is 76.3 Å². The molecule has 1 amide bonds. The Hall–Kier alpha value is -3.30. The van der Waals surface area contributed by atoms with Gasteiger partial charge in [0.1, 0.15) is 10.6 Å². The third-order valence-corrected chi connectivity index (χ3v) is 8.32. The molecule has 0 bridgehead atoms. The lowest BCUT2D eigenvalue weighted by Crippen LogP contribution is -2.24. The van der Waals surface area contributed by atoms with Gasteiger partial charge in [-0.2, -0.15) is 5.10 Å². The quantitative estimate of drug-likeness (QED) is 0.160. The molecule has 0 fully saturated rings. The number of carbonyl (C=O) groups is 1. The van der Waals surface area contributed by atoms with E-state index in [1.54, 1.807) is 35.0 Å². The highest BCUT2D eigenvalue weighted by Gasteiger charge is 2.23. The number of thiophene rings is 1. The monoisotopic (exact) mass is 520 g/mol. The average molecular weight is 521 g/mol. The van der Waals surface area contributed by atoms with E-state index in [0.29, 0.717) is 21.8 Å². The van der Waals surface area contributed by atoms with Gasteiger partial charge in [-0.15, -0.1) is 11.3 Å². The first-order valence-electron chi connectivity index (χ1n) is 11.8. The summed E-state index contributed by atoms with van der Waals surface area (Å²) in [5.74, 6) is -0.617. The Bertz CT molecular complexity index is 1520. The minimum absolute atomic E-state index is 0.0368. The van der Waals surface area contributed by atoms with Gasteiger partial charge in [0, 0.05) is 4.88 Å². The lowest BCUT2D eigenvalue weighted by atomic mass is 9.97. The van der Waals surface area contributed by atoms with Gasteiger partial charge in [0.25, 0.3) is 11.5 Å². The molecule has 0 aliphatic heterocycles. The fourth-order valence-corrected chi connectivity index (χ4v) is 6.38. The van der Waals surface area contributed by atoms with Crippen LogP contribution in [0.25, 0.3) is 15.9 Å². The highest BCUT2D eigenvalue weighted by atomic mass is 32.2. The number of amides is 1. The van der Waals surface area contributed by atoms with Crippen molar-refractivity contribution in [2.75, 3.05) is 5.75 Å². The summed E-state index contributed by atoms with van der Waals surface area (Å²) < 4.78 is 14.8. The largest absolute Gasteiger partial charge is 0.272 e. The Labute approximate surface area is 216 Å². The molecule has 1 aliphatic rings. The van der Waals surface area contributed by atoms with E-state index >= 15 is 0 Å². The number of benzene rings is 2. The number of aromatic nitrogens is 2. The van der Waals surface area contributed by atoms with E-state index in [-0.39, 0.29) is 23.0 Å². The van der Waals surface area contributed by atoms with Crippen LogP contribution in [0.15, 0.2) is 63.6 Å². The van der Waals surface area contributed by atoms with E-state index in [0.717, 1.165) is 47.3 Å². The molecular weight excluding hydrogens is 495 g/mol. The number of thioether (sulfide) groups is 1. The molecule has 0 saturated carbocycles. The van der Waals surface area contributed by atoms with Crippen molar-refractivity contribution in [2.45, 2.75) is 44.7 Å². The molecule has 2 aromatic heterocycles. The Morgan fingerprint density at radius 2 is 1.86 bits per heavy atom. The highest BCUT2D eigenvalue weighted by Crippen LogP contribution is 2.35. The third-order valence-electron chi connectivity index (χ3n) is 6.19. The first-order chi connectivity index (χ1) is 17.4. The minimum atomic E-state index is -0.331. The van der Waals surface area contributed by atoms with Gasteiger partial charge >= 0.3 is 0 Å². The second-order valence-corrected chi connectivity index (χ2v) is 10.8. The van der Waals surface area contributed by atoms with E-state index in [2.05, 4.69) is 10.5 Å². The van der Waals surface area contributed by atoms with Gasteiger partial charge in [0.15, 0.2) is 5.16 Å². The predicted molar refractivity (Wildman–Crippen MR) is 144 cm³/mol. The Balaban J connectivity index is 1.43. The number of carbonyl (C=O) groups excluding carboxylic acids is 1. The Morgan fingerprint density at radius 1 is 1.14 bits per heavy atom. The van der Waals surface area contributed by atoms with Crippen molar-refractivity contribution in [2.24, 2.45) is 5.10 Å². The van der Waals surface area contributed by atoms with Gasteiger partial charge in [-0.25, -0.2) is 14.8 Å². The number of rotatable bonds is 6. The number of aryl methyl sites for hydroxylation is 3. The molecule has 6 nitrogen and oxygen atoms in total. The van der Waals surface area contributed by atoms with Crippen LogP contribution in [0.2, 0.25) is 0 Å². The molecule has 0 spiro atoms. The van der Waals surface area contributed by atoms with Crippen molar-refractivity contribution >= 4 is 44.9 Å². The maximum absolute atomic E-state index is 13.8. The molecule has 5 rings (SSSR count). The van der Waals surface area contributed by atoms with Crippen molar-refractivity contribution in [1.82, 2.24) is 15.0 Å². The number of hydrogen-bond acceptors (Lipinski definition) is 6. The SMILES string of the molecule is C/C(=N\NC(=O)CSc1nc2sc3c(c2c(=O)n1-c1ccc(C)cc1)CCCC3)c1ccc(F)cc1. The molecule has 0 radical (unpaired) electrons. The van der Waals surface area contributed by atoms with E-state index in [1.807, 2.05) is 31.2 Å². The molecule has 9 heteroatoms. The smallest absolute Gasteiger partial charge is 0.267 e. The second kappa shape index (κ2) is 10.4. The second-order valence-electron chi connectivity index (χ2n) is 8.79. The molecular formula is C27H25FN4O2S2.